The molecule has 0 atom stereocenters. The van der Waals surface area contributed by atoms with Gasteiger partial charge in [-0.15, -0.1) is 4.91 Å². The van der Waals surface area contributed by atoms with E-state index < -0.39 is 5.97 Å². The molecule has 0 aromatic heterocycles. The molecular weight excluding hydrogens is 172 g/mol. The largest absolute Gasteiger partial charge is 0.478 e. The van der Waals surface area contributed by atoms with Crippen LogP contribution < -0.4 is 0 Å². The second-order valence-electron chi connectivity index (χ2n) is 2.24. The Bertz CT molecular complexity index is 406. The van der Waals surface area contributed by atoms with E-state index in [1.165, 1.54) is 12.1 Å². The topological polar surface area (TPSA) is 90.5 Å². The molecule has 0 aliphatic heterocycles. The van der Waals surface area contributed by atoms with Crippen molar-refractivity contribution in [1.29, 1.82) is 5.26 Å². The molecule has 0 amide bonds. The molecule has 0 aliphatic carbocycles. The summed E-state index contributed by atoms with van der Waals surface area (Å²) < 4.78 is 0. The second-order valence-corrected chi connectivity index (χ2v) is 2.24. The summed E-state index contributed by atoms with van der Waals surface area (Å²) in [4.78, 5) is 20.7. The van der Waals surface area contributed by atoms with Crippen molar-refractivity contribution < 1.29 is 9.90 Å². The van der Waals surface area contributed by atoms with E-state index in [0.29, 0.717) is 0 Å². The van der Waals surface area contributed by atoms with Crippen LogP contribution in [0.1, 0.15) is 15.9 Å². The van der Waals surface area contributed by atoms with Gasteiger partial charge in [0.2, 0.25) is 0 Å². The Morgan fingerprint density at radius 1 is 1.54 bits per heavy atom. The Morgan fingerprint density at radius 3 is 2.69 bits per heavy atom. The van der Waals surface area contributed by atoms with Crippen LogP contribution in [-0.2, 0) is 0 Å². The highest BCUT2D eigenvalue weighted by Crippen LogP contribution is 2.20. The number of nitrogens with zero attached hydrogens (tertiary/aromatic N) is 2. The number of aromatic carboxylic acids is 1. The smallest absolute Gasteiger partial charge is 0.338 e. The van der Waals surface area contributed by atoms with Crippen LogP contribution in [0, 0.1) is 16.2 Å². The number of nitroso groups, excluding NO2 is 1. The number of nitriles is 1. The highest BCUT2D eigenvalue weighted by Gasteiger charge is 2.10. The highest BCUT2D eigenvalue weighted by molar-refractivity contribution is 5.93. The van der Waals surface area contributed by atoms with Crippen molar-refractivity contribution in [2.45, 2.75) is 0 Å². The van der Waals surface area contributed by atoms with Gasteiger partial charge in [0, 0.05) is 0 Å². The molecule has 64 valence electrons. The van der Waals surface area contributed by atoms with Crippen LogP contribution in [0.15, 0.2) is 23.4 Å². The lowest BCUT2D eigenvalue weighted by Gasteiger charge is -1.96. The van der Waals surface area contributed by atoms with Crippen LogP contribution in [-0.4, -0.2) is 11.1 Å². The predicted molar refractivity (Wildman–Crippen MR) is 43.6 cm³/mol. The number of carboxylic acids is 1. The third kappa shape index (κ3) is 1.68. The molecule has 0 saturated carbocycles. The van der Waals surface area contributed by atoms with Crippen LogP contribution in [0.25, 0.3) is 0 Å². The molecule has 0 fully saturated rings. The lowest BCUT2D eigenvalue weighted by molar-refractivity contribution is 0.0698. The fraction of sp³-hybridized carbons (Fsp3) is 0. The van der Waals surface area contributed by atoms with E-state index in [2.05, 4.69) is 5.18 Å². The Morgan fingerprint density at radius 2 is 2.23 bits per heavy atom. The van der Waals surface area contributed by atoms with E-state index in [1.807, 2.05) is 0 Å². The molecule has 13 heavy (non-hydrogen) atoms. The molecule has 0 heterocycles. The monoisotopic (exact) mass is 176 g/mol. The maximum absolute atomic E-state index is 10.5. The lowest BCUT2D eigenvalue weighted by Crippen LogP contribution is -1.96. The number of carboxylic acid groups (broad SMARTS) is 1. The number of rotatable bonds is 2. The summed E-state index contributed by atoms with van der Waals surface area (Å²) in [5.41, 5.74) is -0.222. The first-order valence-electron chi connectivity index (χ1n) is 3.30. The molecule has 0 aliphatic rings. The average molecular weight is 176 g/mol. The van der Waals surface area contributed by atoms with Crippen molar-refractivity contribution in [1.82, 2.24) is 0 Å². The Hall–Kier alpha value is -2.22. The summed E-state index contributed by atoms with van der Waals surface area (Å²) in [5.74, 6) is -1.24. The van der Waals surface area contributed by atoms with E-state index in [1.54, 1.807) is 6.07 Å². The maximum atomic E-state index is 10.5. The van der Waals surface area contributed by atoms with Crippen molar-refractivity contribution in [3.63, 3.8) is 0 Å². The van der Waals surface area contributed by atoms with Crippen LogP contribution in [0.4, 0.5) is 5.69 Å². The Kier molecular flexibility index (Phi) is 2.36. The van der Waals surface area contributed by atoms with E-state index in [9.17, 15) is 9.70 Å². The van der Waals surface area contributed by atoms with Crippen LogP contribution in [0.3, 0.4) is 0 Å². The van der Waals surface area contributed by atoms with E-state index in [0.717, 1.165) is 6.07 Å². The molecule has 0 unspecified atom stereocenters. The molecule has 0 radical (unpaired) electrons. The standard InChI is InChI=1S/C8H4N2O3/c9-4-5-1-2-6(8(11)12)7(3-5)10-13/h1-3H,(H,11,12). The fourth-order valence-electron chi connectivity index (χ4n) is 0.858. The third-order valence-corrected chi connectivity index (χ3v) is 1.46. The summed E-state index contributed by atoms with van der Waals surface area (Å²) in [7, 11) is 0. The number of benzene rings is 1. The molecule has 1 N–H and O–H groups in total. The fourth-order valence-corrected chi connectivity index (χ4v) is 0.858. The van der Waals surface area contributed by atoms with Gasteiger partial charge in [-0.1, -0.05) is 0 Å². The van der Waals surface area contributed by atoms with Crippen molar-refractivity contribution in [3.05, 3.63) is 34.2 Å². The lowest BCUT2D eigenvalue weighted by atomic mass is 10.1. The first kappa shape index (κ1) is 8.87. The van der Waals surface area contributed by atoms with Gasteiger partial charge in [0.15, 0.2) is 0 Å². The van der Waals surface area contributed by atoms with Crippen molar-refractivity contribution in [2.24, 2.45) is 5.18 Å². The minimum Gasteiger partial charge on any atom is -0.478 e. The quantitative estimate of drug-likeness (QED) is 0.693. The van der Waals surface area contributed by atoms with E-state index in [-0.39, 0.29) is 16.8 Å². The SMILES string of the molecule is N#Cc1ccc(C(=O)O)c(N=O)c1. The number of hydrogen-bond donors (Lipinski definition) is 1. The molecule has 1 rings (SSSR count). The molecule has 5 nitrogen and oxygen atoms in total. The van der Waals surface area contributed by atoms with Gasteiger partial charge >= 0.3 is 5.97 Å². The molecule has 0 bridgehead atoms. The van der Waals surface area contributed by atoms with E-state index in [4.69, 9.17) is 10.4 Å². The molecule has 0 saturated heterocycles. The summed E-state index contributed by atoms with van der Waals surface area (Å²) >= 11 is 0. The minimum absolute atomic E-state index is 0.200. The van der Waals surface area contributed by atoms with Crippen LogP contribution in [0.2, 0.25) is 0 Å². The summed E-state index contributed by atoms with van der Waals surface area (Å²) in [5, 5.41) is 19.5. The summed E-state index contributed by atoms with van der Waals surface area (Å²) in [6.45, 7) is 0. The molecule has 5 heteroatoms. The summed E-state index contributed by atoms with van der Waals surface area (Å²) in [6, 6.07) is 5.41. The summed E-state index contributed by atoms with van der Waals surface area (Å²) in [6.07, 6.45) is 0. The van der Waals surface area contributed by atoms with Gasteiger partial charge < -0.3 is 5.11 Å². The molecule has 1 aromatic rings. The Balaban J connectivity index is 3.33. The maximum Gasteiger partial charge on any atom is 0.338 e. The van der Waals surface area contributed by atoms with Crippen molar-refractivity contribution >= 4 is 11.7 Å². The number of hydrogen-bond acceptors (Lipinski definition) is 4. The van der Waals surface area contributed by atoms with Crippen LogP contribution in [0.5, 0.6) is 0 Å². The highest BCUT2D eigenvalue weighted by atomic mass is 16.4. The van der Waals surface area contributed by atoms with Gasteiger partial charge in [-0.2, -0.15) is 5.26 Å². The second kappa shape index (κ2) is 3.45. The first-order chi connectivity index (χ1) is 6.19. The van der Waals surface area contributed by atoms with E-state index >= 15 is 0 Å². The van der Waals surface area contributed by atoms with Gasteiger partial charge in [-0.3, -0.25) is 0 Å². The average Bonchev–Trinajstić information content (AvgIpc) is 2.16. The Labute approximate surface area is 73.2 Å². The molecule has 0 spiro atoms. The van der Waals surface area contributed by atoms with Gasteiger partial charge in [0.1, 0.15) is 5.69 Å². The third-order valence-electron chi connectivity index (χ3n) is 1.46. The van der Waals surface area contributed by atoms with Crippen molar-refractivity contribution in [2.75, 3.05) is 0 Å². The van der Waals surface area contributed by atoms with Crippen molar-refractivity contribution in [3.8, 4) is 6.07 Å². The normalized spacial score (nSPS) is 8.85. The van der Waals surface area contributed by atoms with Crippen LogP contribution >= 0.6 is 0 Å². The molecular formula is C8H4N2O3. The molecule has 1 aromatic carbocycles. The van der Waals surface area contributed by atoms with Gasteiger partial charge in [-0.05, 0) is 23.4 Å². The zero-order chi connectivity index (χ0) is 9.84. The van der Waals surface area contributed by atoms with Gasteiger partial charge in [0.05, 0.1) is 17.2 Å². The minimum atomic E-state index is -1.24. The number of carbonyl (C=O) groups is 1. The first-order valence-corrected chi connectivity index (χ1v) is 3.30. The zero-order valence-corrected chi connectivity index (χ0v) is 6.39. The zero-order valence-electron chi connectivity index (χ0n) is 6.39. The predicted octanol–water partition coefficient (Wildman–Crippen LogP) is 1.65. The van der Waals surface area contributed by atoms with Gasteiger partial charge in [-0.25, -0.2) is 4.79 Å². The van der Waals surface area contributed by atoms with Gasteiger partial charge in [0.25, 0.3) is 0 Å².